The van der Waals surface area contributed by atoms with Gasteiger partial charge in [0.2, 0.25) is 0 Å². The third-order valence-corrected chi connectivity index (χ3v) is 12.2. The van der Waals surface area contributed by atoms with E-state index in [1.54, 1.807) is 20.8 Å². The molecule has 0 atom stereocenters. The maximum Gasteiger partial charge on any atom is 0.190 e. The number of hydrogen-bond acceptors (Lipinski definition) is 10. The van der Waals surface area contributed by atoms with Crippen LogP contribution in [0.1, 0.15) is 68.0 Å². The second-order valence-electron chi connectivity index (χ2n) is 14.4. The minimum atomic E-state index is 0.0277. The predicted molar refractivity (Wildman–Crippen MR) is 259 cm³/mol. The average molecular weight is 892 g/mol. The van der Waals surface area contributed by atoms with Crippen molar-refractivity contribution in [1.29, 1.82) is 0 Å². The van der Waals surface area contributed by atoms with Crippen LogP contribution in [0.4, 0.5) is 5.69 Å². The first-order valence-electron chi connectivity index (χ1n) is 20.6. The van der Waals surface area contributed by atoms with Gasteiger partial charge in [0.05, 0.1) is 5.69 Å². The van der Waals surface area contributed by atoms with Crippen LogP contribution >= 0.6 is 35.3 Å². The zero-order chi connectivity index (χ0) is 44.6. The van der Waals surface area contributed by atoms with Gasteiger partial charge in [0.25, 0.3) is 0 Å². The molecular formula is C52H49N3O5S3. The number of hydrogen-bond donors (Lipinski definition) is 0. The van der Waals surface area contributed by atoms with Gasteiger partial charge in [-0.25, -0.2) is 0 Å². The Morgan fingerprint density at radius 3 is 1.41 bits per heavy atom. The molecule has 0 radical (unpaired) electrons. The van der Waals surface area contributed by atoms with Gasteiger partial charge in [-0.1, -0.05) is 125 Å². The molecule has 63 heavy (non-hydrogen) atoms. The van der Waals surface area contributed by atoms with Crippen molar-refractivity contribution in [2.75, 3.05) is 13.1 Å². The Hall–Kier alpha value is -6.06. The maximum absolute atomic E-state index is 11.7. The Morgan fingerprint density at radius 1 is 0.556 bits per heavy atom. The molecule has 0 heterocycles. The lowest BCUT2D eigenvalue weighted by atomic mass is 9.91. The standard InChI is InChI=1S/C52H49N3O5S3/c1-6-55(7-2)54-53-46-30-51(44-19-23-47(24-20-44)59-32-40-8-12-42(13-9-40)34-61-36(3)56)50(29-18-39-16-27-49(28-17-39)63-38(5)58)52(31-46)45-21-25-48(26-22-45)60-33-41-10-14-43(15-11-41)35-62-37(4)57/h8-17,19-28,30-31H,6-7,32-35H2,1-5H3. The molecule has 0 bridgehead atoms. The normalized spacial score (nSPS) is 10.9. The van der Waals surface area contributed by atoms with Gasteiger partial charge in [0.15, 0.2) is 15.3 Å². The molecule has 0 aliphatic rings. The molecule has 0 N–H and O–H groups in total. The van der Waals surface area contributed by atoms with Crippen molar-refractivity contribution in [2.45, 2.75) is 64.2 Å². The number of benzene rings is 6. The molecule has 0 amide bonds. The van der Waals surface area contributed by atoms with Crippen LogP contribution < -0.4 is 9.47 Å². The Bertz CT molecular complexity index is 2450. The highest BCUT2D eigenvalue weighted by molar-refractivity contribution is 8.13. The Balaban J connectivity index is 1.33. The quantitative estimate of drug-likeness (QED) is 0.0384. The van der Waals surface area contributed by atoms with Crippen molar-refractivity contribution in [2.24, 2.45) is 10.3 Å². The van der Waals surface area contributed by atoms with E-state index in [1.165, 1.54) is 35.3 Å². The SMILES string of the molecule is CCN(CC)N=Nc1cc(-c2ccc(OCc3ccc(CSC(C)=O)cc3)cc2)c(C#Cc2ccc(SC(C)=O)cc2)c(-c2ccc(OCc3ccc(CSC(C)=O)cc3)cc2)c1. The summed E-state index contributed by atoms with van der Waals surface area (Å²) in [5.41, 5.74) is 10.2. The van der Waals surface area contributed by atoms with Gasteiger partial charge in [0.1, 0.15) is 24.7 Å². The van der Waals surface area contributed by atoms with Crippen molar-refractivity contribution in [1.82, 2.24) is 5.01 Å². The average Bonchev–Trinajstić information content (AvgIpc) is 3.29. The summed E-state index contributed by atoms with van der Waals surface area (Å²) in [5, 5.41) is 11.4. The zero-order valence-corrected chi connectivity index (χ0v) is 38.5. The number of rotatable bonds is 17. The number of carbonyl (C=O) groups excluding carboxylic acids is 3. The molecular weight excluding hydrogens is 843 g/mol. The van der Waals surface area contributed by atoms with E-state index in [9.17, 15) is 14.4 Å². The van der Waals surface area contributed by atoms with Crippen LogP contribution in [0.15, 0.2) is 149 Å². The van der Waals surface area contributed by atoms with Crippen molar-refractivity contribution >= 4 is 56.3 Å². The van der Waals surface area contributed by atoms with Crippen LogP contribution in [-0.2, 0) is 39.1 Å². The second kappa shape index (κ2) is 23.4. The number of carbonyl (C=O) groups is 3. The van der Waals surface area contributed by atoms with Crippen molar-refractivity contribution < 1.29 is 23.9 Å². The van der Waals surface area contributed by atoms with Crippen molar-refractivity contribution in [3.8, 4) is 45.6 Å². The first kappa shape index (κ1) is 46.4. The molecule has 0 aliphatic carbocycles. The second-order valence-corrected chi connectivity index (χ2v) is 18.0. The molecule has 0 aliphatic heterocycles. The van der Waals surface area contributed by atoms with E-state index in [0.717, 1.165) is 85.1 Å². The van der Waals surface area contributed by atoms with E-state index in [2.05, 4.69) is 17.1 Å². The van der Waals surface area contributed by atoms with Crippen LogP contribution in [0, 0.1) is 11.8 Å². The minimum absolute atomic E-state index is 0.0277. The van der Waals surface area contributed by atoms with Crippen LogP contribution in [0.25, 0.3) is 22.3 Å². The Morgan fingerprint density at radius 2 is 1.00 bits per heavy atom. The highest BCUT2D eigenvalue weighted by Crippen LogP contribution is 2.38. The highest BCUT2D eigenvalue weighted by atomic mass is 32.2. The summed E-state index contributed by atoms with van der Waals surface area (Å²) in [5.74, 6) is 9.66. The van der Waals surface area contributed by atoms with Gasteiger partial charge in [-0.05, 0) is 108 Å². The van der Waals surface area contributed by atoms with Crippen LogP contribution in [0.2, 0.25) is 0 Å². The number of nitrogens with zero attached hydrogens (tertiary/aromatic N) is 3. The van der Waals surface area contributed by atoms with E-state index in [4.69, 9.17) is 14.6 Å². The molecule has 0 fully saturated rings. The van der Waals surface area contributed by atoms with Gasteiger partial charge >= 0.3 is 0 Å². The molecule has 0 unspecified atom stereocenters. The smallest absolute Gasteiger partial charge is 0.190 e. The first-order valence-corrected chi connectivity index (χ1v) is 23.4. The van der Waals surface area contributed by atoms with E-state index < -0.39 is 0 Å². The monoisotopic (exact) mass is 891 g/mol. The molecule has 11 heteroatoms. The lowest BCUT2D eigenvalue weighted by Gasteiger charge is -2.15. The summed E-state index contributed by atoms with van der Waals surface area (Å²) in [6, 6.07) is 44.0. The molecule has 6 rings (SSSR count). The summed E-state index contributed by atoms with van der Waals surface area (Å²) in [7, 11) is 0. The summed E-state index contributed by atoms with van der Waals surface area (Å²) in [6.07, 6.45) is 0. The van der Waals surface area contributed by atoms with Gasteiger partial charge in [0, 0.05) is 72.5 Å². The van der Waals surface area contributed by atoms with Gasteiger partial charge in [-0.3, -0.25) is 19.4 Å². The maximum atomic E-state index is 11.7. The number of ether oxygens (including phenoxy) is 2. The molecule has 0 spiro atoms. The lowest BCUT2D eigenvalue weighted by molar-refractivity contribution is -0.109. The van der Waals surface area contributed by atoms with Gasteiger partial charge in [-0.15, -0.1) is 5.11 Å². The largest absolute Gasteiger partial charge is 0.489 e. The third kappa shape index (κ3) is 14.5. The van der Waals surface area contributed by atoms with Crippen LogP contribution in [0.5, 0.6) is 11.5 Å². The Kier molecular flexibility index (Phi) is 17.3. The molecule has 0 saturated heterocycles. The Labute approximate surface area is 383 Å². The predicted octanol–water partition coefficient (Wildman–Crippen LogP) is 13.1. The molecule has 8 nitrogen and oxygen atoms in total. The minimum Gasteiger partial charge on any atom is -0.489 e. The van der Waals surface area contributed by atoms with Crippen LogP contribution in [0.3, 0.4) is 0 Å². The zero-order valence-electron chi connectivity index (χ0n) is 36.1. The van der Waals surface area contributed by atoms with Gasteiger partial charge < -0.3 is 9.47 Å². The van der Waals surface area contributed by atoms with E-state index in [1.807, 2.05) is 152 Å². The fourth-order valence-electron chi connectivity index (χ4n) is 6.27. The number of thioether (sulfide) groups is 3. The van der Waals surface area contributed by atoms with Gasteiger partial charge in [-0.2, -0.15) is 0 Å². The van der Waals surface area contributed by atoms with Crippen molar-refractivity contribution in [3.05, 3.63) is 167 Å². The fraction of sp³-hybridized carbons (Fsp3) is 0.212. The topological polar surface area (TPSA) is 97.6 Å². The molecule has 6 aromatic carbocycles. The summed E-state index contributed by atoms with van der Waals surface area (Å²) >= 11 is 3.79. The van der Waals surface area contributed by atoms with E-state index in [-0.39, 0.29) is 15.3 Å². The van der Waals surface area contributed by atoms with E-state index >= 15 is 0 Å². The molecule has 6 aromatic rings. The van der Waals surface area contributed by atoms with Crippen molar-refractivity contribution in [3.63, 3.8) is 0 Å². The lowest BCUT2D eigenvalue weighted by Crippen LogP contribution is -2.14. The molecule has 320 valence electrons. The van der Waals surface area contributed by atoms with E-state index in [0.29, 0.717) is 30.4 Å². The molecule has 0 aromatic heterocycles. The molecule has 0 saturated carbocycles. The third-order valence-electron chi connectivity index (χ3n) is 9.66. The summed E-state index contributed by atoms with van der Waals surface area (Å²) in [6.45, 7) is 11.1. The fourth-order valence-corrected chi connectivity index (χ4v) is 8.00. The highest BCUT2D eigenvalue weighted by Gasteiger charge is 2.15. The van der Waals surface area contributed by atoms with Crippen LogP contribution in [-0.4, -0.2) is 33.4 Å². The summed E-state index contributed by atoms with van der Waals surface area (Å²) in [4.78, 5) is 35.4. The summed E-state index contributed by atoms with van der Waals surface area (Å²) < 4.78 is 12.4. The first-order chi connectivity index (χ1) is 30.5.